The second kappa shape index (κ2) is 4.52. The maximum Gasteiger partial charge on any atom is 0.294 e. The van der Waals surface area contributed by atoms with Crippen LogP contribution in [0.2, 0.25) is 0 Å². The van der Waals surface area contributed by atoms with E-state index in [2.05, 4.69) is 77.0 Å². The minimum atomic E-state index is 1.13. The maximum absolute atomic E-state index is 3.35. The zero-order valence-electron chi connectivity index (χ0n) is 12.2. The highest BCUT2D eigenvalue weighted by molar-refractivity contribution is 6.47. The van der Waals surface area contributed by atoms with Gasteiger partial charge in [0.15, 0.2) is 5.52 Å². The van der Waals surface area contributed by atoms with Gasteiger partial charge in [0, 0.05) is 0 Å². The molecule has 4 rings (SSSR count). The highest BCUT2D eigenvalue weighted by Gasteiger charge is 2.27. The minimum Gasteiger partial charge on any atom is -0.425 e. The quantitative estimate of drug-likeness (QED) is 0.534. The van der Waals surface area contributed by atoms with Crippen molar-refractivity contribution in [3.8, 4) is 11.4 Å². The number of hydrogen-bond acceptors (Lipinski definition) is 1. The van der Waals surface area contributed by atoms with Crippen LogP contribution >= 0.6 is 0 Å². The average Bonchev–Trinajstić information content (AvgIpc) is 2.66. The molecule has 0 fully saturated rings. The summed E-state index contributed by atoms with van der Waals surface area (Å²) in [6, 6.07) is 14.9. The monoisotopic (exact) mass is 273 g/mol. The van der Waals surface area contributed by atoms with Gasteiger partial charge in [-0.1, -0.05) is 30.2 Å². The van der Waals surface area contributed by atoms with Gasteiger partial charge in [-0.2, -0.15) is 4.57 Å². The first-order valence-electron chi connectivity index (χ1n) is 7.13. The van der Waals surface area contributed by atoms with Crippen LogP contribution in [0.1, 0.15) is 5.56 Å². The fourth-order valence-electron chi connectivity index (χ4n) is 3.10. The van der Waals surface area contributed by atoms with Crippen LogP contribution < -0.4 is 9.79 Å². The van der Waals surface area contributed by atoms with Crippen molar-refractivity contribution >= 4 is 30.3 Å². The van der Waals surface area contributed by atoms with Crippen LogP contribution in [0.15, 0.2) is 48.4 Å². The van der Waals surface area contributed by atoms with Crippen LogP contribution in [0.3, 0.4) is 0 Å². The van der Waals surface area contributed by atoms with Gasteiger partial charge in [0.2, 0.25) is 5.52 Å². The molecule has 0 spiro atoms. The maximum atomic E-state index is 3.35. The summed E-state index contributed by atoms with van der Waals surface area (Å²) < 4.78 is 4.53. The van der Waals surface area contributed by atoms with E-state index in [4.69, 9.17) is 0 Å². The van der Waals surface area contributed by atoms with Crippen molar-refractivity contribution < 1.29 is 4.57 Å². The lowest BCUT2D eigenvalue weighted by Gasteiger charge is -2.02. The predicted molar refractivity (Wildman–Crippen MR) is 88.0 cm³/mol. The molecule has 1 aliphatic rings. The fraction of sp³-hybridized carbons (Fsp3) is 0.118. The Morgan fingerprint density at radius 2 is 1.95 bits per heavy atom. The van der Waals surface area contributed by atoms with Crippen molar-refractivity contribution in [3.63, 3.8) is 0 Å². The molecule has 2 aromatic carbocycles. The average molecular weight is 273 g/mol. The van der Waals surface area contributed by atoms with Crippen LogP contribution in [0.5, 0.6) is 0 Å². The zero-order chi connectivity index (χ0) is 14.4. The summed E-state index contributed by atoms with van der Waals surface area (Å²) in [5, 5.41) is 3.35. The number of nitrogens with zero attached hydrogens (tertiary/aromatic N) is 2. The van der Waals surface area contributed by atoms with E-state index in [0.29, 0.717) is 0 Å². The topological polar surface area (TPSA) is 20.8 Å². The Balaban J connectivity index is 2.17. The van der Waals surface area contributed by atoms with Gasteiger partial charge >= 0.3 is 0 Å². The van der Waals surface area contributed by atoms with Crippen LogP contribution in [0, 0.1) is 6.92 Å². The van der Waals surface area contributed by atoms with Gasteiger partial charge in [-0.15, -0.1) is 0 Å². The molecular weight excluding hydrogens is 257 g/mol. The minimum absolute atomic E-state index is 1.13. The van der Waals surface area contributed by atoms with Crippen LogP contribution in [-0.2, 0) is 7.05 Å². The van der Waals surface area contributed by atoms with E-state index in [9.17, 15) is 0 Å². The van der Waals surface area contributed by atoms with Crippen molar-refractivity contribution in [1.82, 2.24) is 4.57 Å². The van der Waals surface area contributed by atoms with Crippen molar-refractivity contribution in [2.75, 3.05) is 5.23 Å². The number of aromatic nitrogens is 2. The molecule has 0 atom stereocenters. The van der Waals surface area contributed by atoms with Gasteiger partial charge in [-0.3, -0.25) is 0 Å². The summed E-state index contributed by atoms with van der Waals surface area (Å²) in [6.45, 7) is 2.16. The van der Waals surface area contributed by atoms with Gasteiger partial charge in [0.1, 0.15) is 0 Å². The number of rotatable bonds is 1. The molecule has 1 aromatic heterocycles. The molecule has 0 bridgehead atoms. The van der Waals surface area contributed by atoms with E-state index in [1.165, 1.54) is 28.0 Å². The third-order valence-corrected chi connectivity index (χ3v) is 4.12. The Morgan fingerprint density at radius 1 is 1.10 bits per heavy atom. The molecule has 0 unspecified atom stereocenters. The first kappa shape index (κ1) is 12.3. The molecule has 1 N–H and O–H groups in total. The van der Waals surface area contributed by atoms with Crippen molar-refractivity contribution in [1.29, 1.82) is 0 Å². The standard InChI is InChI=1S/C17H16BN3/c1-12-6-3-4-7-13(12)17-20(2)15-9-5-8-14-16(15)21(17)11-10-18-19-14/h3-11,19H,1-2H3/q+1. The Kier molecular flexibility index (Phi) is 2.64. The zero-order valence-corrected chi connectivity index (χ0v) is 12.2. The molecule has 0 aliphatic carbocycles. The summed E-state index contributed by atoms with van der Waals surface area (Å²) in [5.74, 6) is 3.24. The van der Waals surface area contributed by atoms with E-state index in [1.54, 1.807) is 0 Å². The predicted octanol–water partition coefficient (Wildman–Crippen LogP) is 2.91. The van der Waals surface area contributed by atoms with Crippen molar-refractivity contribution in [3.05, 3.63) is 54.0 Å². The third-order valence-electron chi connectivity index (χ3n) is 4.12. The van der Waals surface area contributed by atoms with Gasteiger partial charge in [-0.05, 0) is 30.7 Å². The first-order chi connectivity index (χ1) is 10.3. The largest absolute Gasteiger partial charge is 0.425 e. The SMILES string of the molecule is Cc1ccccc1-c1n(C)c2cccc3c2[n+]1C=C[B]N3. The second-order valence-corrected chi connectivity index (χ2v) is 5.39. The normalized spacial score (nSPS) is 12.9. The Labute approximate surface area is 124 Å². The van der Waals surface area contributed by atoms with Gasteiger partial charge < -0.3 is 5.23 Å². The Morgan fingerprint density at radius 3 is 2.81 bits per heavy atom. The van der Waals surface area contributed by atoms with Crippen LogP contribution in [0.4, 0.5) is 5.69 Å². The summed E-state index contributed by atoms with van der Waals surface area (Å²) >= 11 is 0. The van der Waals surface area contributed by atoms with Crippen LogP contribution in [0.25, 0.3) is 28.6 Å². The van der Waals surface area contributed by atoms with E-state index in [1.807, 2.05) is 13.4 Å². The van der Waals surface area contributed by atoms with E-state index in [0.717, 1.165) is 5.69 Å². The van der Waals surface area contributed by atoms with Gasteiger partial charge in [0.25, 0.3) is 13.2 Å². The van der Waals surface area contributed by atoms with Crippen LogP contribution in [-0.4, -0.2) is 12.0 Å². The van der Waals surface area contributed by atoms with Gasteiger partial charge in [0.05, 0.1) is 24.5 Å². The third kappa shape index (κ3) is 1.72. The lowest BCUT2D eigenvalue weighted by molar-refractivity contribution is -0.526. The van der Waals surface area contributed by atoms with E-state index in [-0.39, 0.29) is 0 Å². The van der Waals surface area contributed by atoms with E-state index < -0.39 is 0 Å². The molecule has 101 valence electrons. The number of anilines is 1. The molecule has 1 aliphatic heterocycles. The van der Waals surface area contributed by atoms with Crippen molar-refractivity contribution in [2.45, 2.75) is 6.92 Å². The molecule has 4 heteroatoms. The van der Waals surface area contributed by atoms with Gasteiger partial charge in [-0.25, -0.2) is 4.57 Å². The molecule has 3 nitrogen and oxygen atoms in total. The summed E-state index contributed by atoms with van der Waals surface area (Å²) in [4.78, 5) is 0. The van der Waals surface area contributed by atoms with Crippen molar-refractivity contribution in [2.24, 2.45) is 7.05 Å². The molecule has 0 amide bonds. The number of aryl methyl sites for hydroxylation is 2. The molecule has 3 aromatic rings. The number of hydrogen-bond donors (Lipinski definition) is 1. The van der Waals surface area contributed by atoms with E-state index >= 15 is 0 Å². The number of para-hydroxylation sites is 1. The summed E-state index contributed by atoms with van der Waals surface area (Å²) in [7, 11) is 4.10. The fourth-order valence-corrected chi connectivity index (χ4v) is 3.10. The number of benzene rings is 2. The number of imidazole rings is 1. The highest BCUT2D eigenvalue weighted by atomic mass is 15.2. The molecule has 0 saturated carbocycles. The summed E-state index contributed by atoms with van der Waals surface area (Å²) in [5.41, 5.74) is 6.10. The number of nitrogens with one attached hydrogen (secondary N) is 1. The lowest BCUT2D eigenvalue weighted by atomic mass is 9.95. The molecule has 21 heavy (non-hydrogen) atoms. The highest BCUT2D eigenvalue weighted by Crippen LogP contribution is 2.29. The summed E-state index contributed by atoms with van der Waals surface area (Å²) in [6.07, 6.45) is 2.12. The smallest absolute Gasteiger partial charge is 0.294 e. The molecule has 2 heterocycles. The molecular formula is C17H16BN3+. The Bertz CT molecular complexity index is 877. The lowest BCUT2D eigenvalue weighted by Crippen LogP contribution is -2.28. The second-order valence-electron chi connectivity index (χ2n) is 5.39. The molecule has 0 saturated heterocycles. The molecule has 1 radical (unpaired) electrons. The first-order valence-corrected chi connectivity index (χ1v) is 7.13. The Hall–Kier alpha value is -2.49.